The number of nitrogens with zero attached hydrogens (tertiary/aromatic N) is 2. The molecule has 0 atom stereocenters. The number of hydrogen-bond donors (Lipinski definition) is 1. The summed E-state index contributed by atoms with van der Waals surface area (Å²) in [5.41, 5.74) is 1.01. The van der Waals surface area contributed by atoms with Gasteiger partial charge in [-0.3, -0.25) is 14.5 Å². The van der Waals surface area contributed by atoms with Crippen molar-refractivity contribution in [2.45, 2.75) is 13.3 Å². The molecule has 0 saturated carbocycles. The maximum absolute atomic E-state index is 12.2. The van der Waals surface area contributed by atoms with Gasteiger partial charge in [-0.2, -0.15) is 0 Å². The number of morpholine rings is 1. The number of carbonyl (C=O) groups excluding carboxylic acids is 3. The third-order valence-corrected chi connectivity index (χ3v) is 4.43. The SMILES string of the molecule is COC(=O)c1ccc(NC(=O)CCN(CCN2CCOCC2)C(C)=O)cc1. The van der Waals surface area contributed by atoms with Gasteiger partial charge in [-0.25, -0.2) is 4.79 Å². The van der Waals surface area contributed by atoms with E-state index >= 15 is 0 Å². The van der Waals surface area contributed by atoms with E-state index in [-0.39, 0.29) is 18.2 Å². The van der Waals surface area contributed by atoms with E-state index in [1.54, 1.807) is 29.2 Å². The second kappa shape index (κ2) is 10.6. The topological polar surface area (TPSA) is 88.2 Å². The van der Waals surface area contributed by atoms with Gasteiger partial charge in [-0.15, -0.1) is 0 Å². The van der Waals surface area contributed by atoms with Gasteiger partial charge in [0.1, 0.15) is 0 Å². The van der Waals surface area contributed by atoms with Crippen LogP contribution < -0.4 is 5.32 Å². The maximum atomic E-state index is 12.2. The quantitative estimate of drug-likeness (QED) is 0.680. The van der Waals surface area contributed by atoms with E-state index in [0.717, 1.165) is 32.8 Å². The molecule has 0 unspecified atom stereocenters. The first-order valence-electron chi connectivity index (χ1n) is 9.03. The molecule has 148 valence electrons. The van der Waals surface area contributed by atoms with Crippen LogP contribution in [0.1, 0.15) is 23.7 Å². The van der Waals surface area contributed by atoms with Gasteiger partial charge in [0.25, 0.3) is 0 Å². The van der Waals surface area contributed by atoms with Crippen molar-refractivity contribution in [1.29, 1.82) is 0 Å². The molecule has 0 spiro atoms. The van der Waals surface area contributed by atoms with Crippen molar-refractivity contribution < 1.29 is 23.9 Å². The van der Waals surface area contributed by atoms with Crippen LogP contribution in [0.4, 0.5) is 5.69 Å². The maximum Gasteiger partial charge on any atom is 0.337 e. The van der Waals surface area contributed by atoms with Crippen LogP contribution in [0.15, 0.2) is 24.3 Å². The summed E-state index contributed by atoms with van der Waals surface area (Å²) < 4.78 is 9.95. The summed E-state index contributed by atoms with van der Waals surface area (Å²) in [5, 5.41) is 2.77. The first-order valence-corrected chi connectivity index (χ1v) is 9.03. The Bertz CT molecular complexity index is 641. The van der Waals surface area contributed by atoms with Crippen LogP contribution >= 0.6 is 0 Å². The molecule has 0 aliphatic carbocycles. The largest absolute Gasteiger partial charge is 0.465 e. The zero-order chi connectivity index (χ0) is 19.6. The molecule has 1 aromatic rings. The van der Waals surface area contributed by atoms with Crippen molar-refractivity contribution in [3.05, 3.63) is 29.8 Å². The number of nitrogens with one attached hydrogen (secondary N) is 1. The predicted octanol–water partition coefficient (Wildman–Crippen LogP) is 0.983. The van der Waals surface area contributed by atoms with E-state index in [1.807, 2.05) is 0 Å². The van der Waals surface area contributed by atoms with E-state index < -0.39 is 5.97 Å². The van der Waals surface area contributed by atoms with Crippen molar-refractivity contribution >= 4 is 23.5 Å². The molecule has 8 heteroatoms. The van der Waals surface area contributed by atoms with Gasteiger partial charge in [0.05, 0.1) is 25.9 Å². The first kappa shape index (κ1) is 20.9. The fraction of sp³-hybridized carbons (Fsp3) is 0.526. The van der Waals surface area contributed by atoms with Gasteiger partial charge in [0.15, 0.2) is 0 Å². The molecule has 1 heterocycles. The summed E-state index contributed by atoms with van der Waals surface area (Å²) in [6.45, 7) is 6.43. The Labute approximate surface area is 159 Å². The van der Waals surface area contributed by atoms with E-state index in [4.69, 9.17) is 4.74 Å². The van der Waals surface area contributed by atoms with Crippen molar-refractivity contribution in [2.24, 2.45) is 0 Å². The zero-order valence-corrected chi connectivity index (χ0v) is 15.9. The van der Waals surface area contributed by atoms with Crippen LogP contribution in [0.3, 0.4) is 0 Å². The summed E-state index contributed by atoms with van der Waals surface area (Å²) >= 11 is 0. The first-order chi connectivity index (χ1) is 13.0. The summed E-state index contributed by atoms with van der Waals surface area (Å²) in [6, 6.07) is 6.47. The molecule has 2 amide bonds. The van der Waals surface area contributed by atoms with Crippen molar-refractivity contribution in [1.82, 2.24) is 9.80 Å². The lowest BCUT2D eigenvalue weighted by atomic mass is 10.2. The van der Waals surface area contributed by atoms with Gasteiger partial charge < -0.3 is 19.7 Å². The van der Waals surface area contributed by atoms with Crippen LogP contribution in [0.2, 0.25) is 0 Å². The number of rotatable bonds is 8. The summed E-state index contributed by atoms with van der Waals surface area (Å²) in [6.07, 6.45) is 0.210. The Balaban J connectivity index is 1.77. The molecule has 8 nitrogen and oxygen atoms in total. The molecule has 0 radical (unpaired) electrons. The monoisotopic (exact) mass is 377 g/mol. The number of benzene rings is 1. The molecule has 1 aromatic carbocycles. The van der Waals surface area contributed by atoms with Crippen LogP contribution in [-0.4, -0.2) is 80.6 Å². The third-order valence-electron chi connectivity index (χ3n) is 4.43. The minimum atomic E-state index is -0.426. The highest BCUT2D eigenvalue weighted by Gasteiger charge is 2.15. The third kappa shape index (κ3) is 6.99. The van der Waals surface area contributed by atoms with E-state index in [0.29, 0.717) is 24.3 Å². The summed E-state index contributed by atoms with van der Waals surface area (Å²) in [5.74, 6) is -0.651. The second-order valence-corrected chi connectivity index (χ2v) is 6.33. The Kier molecular flexibility index (Phi) is 8.22. The molecule has 1 aliphatic heterocycles. The second-order valence-electron chi connectivity index (χ2n) is 6.33. The molecule has 0 bridgehead atoms. The number of amides is 2. The Morgan fingerprint density at radius 3 is 2.41 bits per heavy atom. The average Bonchev–Trinajstić information content (AvgIpc) is 2.68. The summed E-state index contributed by atoms with van der Waals surface area (Å²) in [4.78, 5) is 39.3. The van der Waals surface area contributed by atoms with Gasteiger partial charge in [-0.05, 0) is 24.3 Å². The van der Waals surface area contributed by atoms with E-state index in [2.05, 4.69) is 15.0 Å². The smallest absolute Gasteiger partial charge is 0.337 e. The molecule has 0 aromatic heterocycles. The fourth-order valence-corrected chi connectivity index (χ4v) is 2.78. The number of hydrogen-bond acceptors (Lipinski definition) is 6. The van der Waals surface area contributed by atoms with E-state index in [1.165, 1.54) is 14.0 Å². The molecule has 1 saturated heterocycles. The molecular formula is C19H27N3O5. The number of ether oxygens (including phenoxy) is 2. The zero-order valence-electron chi connectivity index (χ0n) is 15.9. The van der Waals surface area contributed by atoms with Gasteiger partial charge in [0.2, 0.25) is 11.8 Å². The van der Waals surface area contributed by atoms with Crippen LogP contribution in [-0.2, 0) is 19.1 Å². The van der Waals surface area contributed by atoms with Crippen molar-refractivity contribution in [3.63, 3.8) is 0 Å². The minimum absolute atomic E-state index is 0.0431. The predicted molar refractivity (Wildman–Crippen MR) is 101 cm³/mol. The lowest BCUT2D eigenvalue weighted by Crippen LogP contribution is -2.43. The number of esters is 1. The fourth-order valence-electron chi connectivity index (χ4n) is 2.78. The van der Waals surface area contributed by atoms with Crippen molar-refractivity contribution in [2.75, 3.05) is 58.4 Å². The van der Waals surface area contributed by atoms with Gasteiger partial charge in [-0.1, -0.05) is 0 Å². The minimum Gasteiger partial charge on any atom is -0.465 e. The highest BCUT2D eigenvalue weighted by Crippen LogP contribution is 2.11. The van der Waals surface area contributed by atoms with Crippen molar-refractivity contribution in [3.8, 4) is 0 Å². The lowest BCUT2D eigenvalue weighted by molar-refractivity contribution is -0.129. The Morgan fingerprint density at radius 1 is 1.15 bits per heavy atom. The summed E-state index contributed by atoms with van der Waals surface area (Å²) in [7, 11) is 1.32. The van der Waals surface area contributed by atoms with Gasteiger partial charge >= 0.3 is 5.97 Å². The van der Waals surface area contributed by atoms with E-state index in [9.17, 15) is 14.4 Å². The number of carbonyl (C=O) groups is 3. The lowest BCUT2D eigenvalue weighted by Gasteiger charge is -2.29. The highest BCUT2D eigenvalue weighted by molar-refractivity contribution is 5.93. The standard InChI is InChI=1S/C19H27N3O5/c1-15(23)22(10-9-21-11-13-27-14-12-21)8-7-18(24)20-17-5-3-16(4-6-17)19(25)26-2/h3-6H,7-14H2,1-2H3,(H,20,24). The van der Waals surface area contributed by atoms with Crippen LogP contribution in [0, 0.1) is 0 Å². The number of methoxy groups -OCH3 is 1. The van der Waals surface area contributed by atoms with Gasteiger partial charge in [0, 0.05) is 51.8 Å². The van der Waals surface area contributed by atoms with Crippen LogP contribution in [0.25, 0.3) is 0 Å². The normalized spacial score (nSPS) is 14.4. The number of anilines is 1. The molecule has 2 rings (SSSR count). The Hall–Kier alpha value is -2.45. The molecule has 27 heavy (non-hydrogen) atoms. The molecule has 1 fully saturated rings. The van der Waals surface area contributed by atoms with Crippen LogP contribution in [0.5, 0.6) is 0 Å². The molecule has 1 aliphatic rings. The average molecular weight is 377 g/mol. The molecular weight excluding hydrogens is 350 g/mol. The highest BCUT2D eigenvalue weighted by atomic mass is 16.5. The Morgan fingerprint density at radius 2 is 1.81 bits per heavy atom. The molecule has 1 N–H and O–H groups in total.